The first-order valence-corrected chi connectivity index (χ1v) is 7.70. The maximum Gasteiger partial charge on any atom is 0.278 e. The van der Waals surface area contributed by atoms with Crippen molar-refractivity contribution in [3.63, 3.8) is 0 Å². The van der Waals surface area contributed by atoms with E-state index in [0.717, 1.165) is 9.87 Å². The number of hydrogen-bond acceptors (Lipinski definition) is 3. The monoisotopic (exact) mass is 321 g/mol. The second kappa shape index (κ2) is 7.95. The fraction of sp³-hybridized carbons (Fsp3) is 0.538. The molecule has 116 valence electrons. The molecule has 1 rings (SSSR count). The highest BCUT2D eigenvalue weighted by Gasteiger charge is 2.15. The van der Waals surface area contributed by atoms with Crippen LogP contribution in [-0.2, 0) is 10.2 Å². The lowest BCUT2D eigenvalue weighted by Crippen LogP contribution is -2.39. The van der Waals surface area contributed by atoms with Crippen molar-refractivity contribution in [3.05, 3.63) is 35.4 Å². The molecule has 0 aliphatic rings. The highest BCUT2D eigenvalue weighted by atomic mass is 35.5. The number of nitrogens with one attached hydrogen (secondary N) is 1. The van der Waals surface area contributed by atoms with E-state index in [9.17, 15) is 8.42 Å². The minimum Gasteiger partial charge on any atom is -0.323 e. The summed E-state index contributed by atoms with van der Waals surface area (Å²) in [5.41, 5.74) is 8.15. The second-order valence-electron chi connectivity index (χ2n) is 5.06. The van der Waals surface area contributed by atoms with Crippen LogP contribution in [-0.4, -0.2) is 33.4 Å². The van der Waals surface area contributed by atoms with Gasteiger partial charge >= 0.3 is 0 Å². The molecule has 1 atom stereocenters. The van der Waals surface area contributed by atoms with Crippen LogP contribution < -0.4 is 10.5 Å². The molecule has 0 aliphatic carbocycles. The third-order valence-corrected chi connectivity index (χ3v) is 4.49. The molecule has 0 bridgehead atoms. The van der Waals surface area contributed by atoms with Gasteiger partial charge < -0.3 is 5.73 Å². The van der Waals surface area contributed by atoms with Gasteiger partial charge in [0.05, 0.1) is 0 Å². The van der Waals surface area contributed by atoms with E-state index in [1.54, 1.807) is 0 Å². The number of nitrogens with zero attached hydrogens (tertiary/aromatic N) is 1. The van der Waals surface area contributed by atoms with Crippen molar-refractivity contribution in [2.45, 2.75) is 25.8 Å². The molecule has 7 heteroatoms. The highest BCUT2D eigenvalue weighted by molar-refractivity contribution is 7.87. The number of benzene rings is 1. The first-order valence-electron chi connectivity index (χ1n) is 6.26. The molecule has 0 saturated heterocycles. The minimum absolute atomic E-state index is 0. The molecule has 5 nitrogen and oxygen atoms in total. The summed E-state index contributed by atoms with van der Waals surface area (Å²) in [7, 11) is -0.465. The van der Waals surface area contributed by atoms with Crippen LogP contribution in [0.3, 0.4) is 0 Å². The van der Waals surface area contributed by atoms with Crippen LogP contribution in [0.5, 0.6) is 0 Å². The van der Waals surface area contributed by atoms with Crippen molar-refractivity contribution in [2.75, 3.05) is 20.6 Å². The zero-order valence-electron chi connectivity index (χ0n) is 12.3. The predicted octanol–water partition coefficient (Wildman–Crippen LogP) is 1.63. The van der Waals surface area contributed by atoms with Gasteiger partial charge in [-0.15, -0.1) is 12.4 Å². The van der Waals surface area contributed by atoms with Gasteiger partial charge in [0.2, 0.25) is 0 Å². The minimum atomic E-state index is -3.42. The Morgan fingerprint density at radius 3 is 2.00 bits per heavy atom. The summed E-state index contributed by atoms with van der Waals surface area (Å²) in [6, 6.07) is 7.60. The van der Waals surface area contributed by atoms with Crippen LogP contribution in [0.25, 0.3) is 0 Å². The van der Waals surface area contributed by atoms with E-state index in [4.69, 9.17) is 5.73 Å². The summed E-state index contributed by atoms with van der Waals surface area (Å²) in [6.07, 6.45) is 0. The molecule has 0 saturated carbocycles. The van der Waals surface area contributed by atoms with E-state index in [0.29, 0.717) is 5.92 Å². The fourth-order valence-electron chi connectivity index (χ4n) is 1.57. The molecule has 1 aromatic carbocycles. The smallest absolute Gasteiger partial charge is 0.278 e. The molecule has 0 heterocycles. The maximum absolute atomic E-state index is 11.6. The first kappa shape index (κ1) is 19.3. The van der Waals surface area contributed by atoms with Gasteiger partial charge in [0, 0.05) is 26.7 Å². The number of rotatable bonds is 6. The Balaban J connectivity index is 0.00000361. The van der Waals surface area contributed by atoms with E-state index in [-0.39, 0.29) is 25.0 Å². The number of nitrogens with two attached hydrogens (primary N) is 1. The molecule has 0 fully saturated rings. The third kappa shape index (κ3) is 5.38. The van der Waals surface area contributed by atoms with Crippen molar-refractivity contribution in [2.24, 2.45) is 5.73 Å². The van der Waals surface area contributed by atoms with Crippen molar-refractivity contribution in [1.29, 1.82) is 0 Å². The average Bonchev–Trinajstić information content (AvgIpc) is 2.36. The van der Waals surface area contributed by atoms with Gasteiger partial charge in [-0.1, -0.05) is 38.1 Å². The largest absolute Gasteiger partial charge is 0.323 e. The van der Waals surface area contributed by atoms with Gasteiger partial charge in [-0.3, -0.25) is 0 Å². The Kier molecular flexibility index (Phi) is 7.69. The third-order valence-electron chi connectivity index (χ3n) is 3.00. The Labute approximate surface area is 128 Å². The van der Waals surface area contributed by atoms with Crippen molar-refractivity contribution < 1.29 is 8.42 Å². The maximum atomic E-state index is 11.6. The average molecular weight is 322 g/mol. The molecule has 0 aliphatic heterocycles. The standard InChI is InChI=1S/C13H23N3O2S.ClH/c1-10(2)11-5-7-12(8-6-11)13(14)9-15-19(17,18)16(3)4;/h5-8,10,13,15H,9,14H2,1-4H3;1H. The summed E-state index contributed by atoms with van der Waals surface area (Å²) in [5.74, 6) is 0.470. The van der Waals surface area contributed by atoms with E-state index in [2.05, 4.69) is 18.6 Å². The Bertz CT molecular complexity index is 501. The van der Waals surface area contributed by atoms with Gasteiger partial charge in [-0.25, -0.2) is 4.72 Å². The predicted molar refractivity (Wildman–Crippen MR) is 85.3 cm³/mol. The molecule has 0 spiro atoms. The Hall–Kier alpha value is -0.660. The van der Waals surface area contributed by atoms with E-state index >= 15 is 0 Å². The van der Waals surface area contributed by atoms with Crippen LogP contribution in [0.4, 0.5) is 0 Å². The lowest BCUT2D eigenvalue weighted by molar-refractivity contribution is 0.500. The quantitative estimate of drug-likeness (QED) is 0.836. The summed E-state index contributed by atoms with van der Waals surface area (Å²) >= 11 is 0. The number of halogens is 1. The Morgan fingerprint density at radius 2 is 1.60 bits per heavy atom. The zero-order valence-corrected chi connectivity index (χ0v) is 14.0. The van der Waals surface area contributed by atoms with Gasteiger partial charge in [0.15, 0.2) is 0 Å². The SMILES string of the molecule is CC(C)c1ccc(C(N)CNS(=O)(=O)N(C)C)cc1.Cl. The first-order chi connectivity index (χ1) is 8.74. The molecular formula is C13H24ClN3O2S. The normalized spacial score (nSPS) is 13.3. The lowest BCUT2D eigenvalue weighted by atomic mass is 9.99. The summed E-state index contributed by atoms with van der Waals surface area (Å²) in [4.78, 5) is 0. The van der Waals surface area contributed by atoms with Gasteiger partial charge in [0.1, 0.15) is 0 Å². The summed E-state index contributed by atoms with van der Waals surface area (Å²) < 4.78 is 26.7. The fourth-order valence-corrected chi connectivity index (χ4v) is 2.22. The molecule has 0 amide bonds. The molecule has 1 aromatic rings. The molecule has 3 N–H and O–H groups in total. The van der Waals surface area contributed by atoms with Gasteiger partial charge in [-0.05, 0) is 17.0 Å². The van der Waals surface area contributed by atoms with Crippen LogP contribution in [0.1, 0.15) is 36.9 Å². The van der Waals surface area contributed by atoms with Crippen molar-refractivity contribution in [3.8, 4) is 0 Å². The van der Waals surface area contributed by atoms with Gasteiger partial charge in [-0.2, -0.15) is 12.7 Å². The number of hydrogen-bond donors (Lipinski definition) is 2. The van der Waals surface area contributed by atoms with E-state index in [1.807, 2.05) is 24.3 Å². The van der Waals surface area contributed by atoms with Crippen molar-refractivity contribution in [1.82, 2.24) is 9.03 Å². The Morgan fingerprint density at radius 1 is 1.15 bits per heavy atom. The molecule has 0 radical (unpaired) electrons. The molecule has 0 aromatic heterocycles. The van der Waals surface area contributed by atoms with Crippen LogP contribution in [0.15, 0.2) is 24.3 Å². The van der Waals surface area contributed by atoms with E-state index < -0.39 is 10.2 Å². The highest BCUT2D eigenvalue weighted by Crippen LogP contribution is 2.17. The van der Waals surface area contributed by atoms with E-state index in [1.165, 1.54) is 19.7 Å². The molecular weight excluding hydrogens is 298 g/mol. The van der Waals surface area contributed by atoms with Gasteiger partial charge in [0.25, 0.3) is 10.2 Å². The van der Waals surface area contributed by atoms with Crippen LogP contribution >= 0.6 is 12.4 Å². The summed E-state index contributed by atoms with van der Waals surface area (Å²) in [6.45, 7) is 4.43. The lowest BCUT2D eigenvalue weighted by Gasteiger charge is -2.17. The topological polar surface area (TPSA) is 75.4 Å². The molecule has 20 heavy (non-hydrogen) atoms. The van der Waals surface area contributed by atoms with Crippen LogP contribution in [0, 0.1) is 0 Å². The van der Waals surface area contributed by atoms with Crippen molar-refractivity contribution >= 4 is 22.6 Å². The zero-order chi connectivity index (χ0) is 14.6. The van der Waals surface area contributed by atoms with Crippen LogP contribution in [0.2, 0.25) is 0 Å². The molecule has 1 unspecified atom stereocenters. The second-order valence-corrected chi connectivity index (χ2v) is 7.03. The summed E-state index contributed by atoms with van der Waals surface area (Å²) in [5, 5.41) is 0.